The van der Waals surface area contributed by atoms with Crippen LogP contribution in [0.3, 0.4) is 0 Å². The first-order chi connectivity index (χ1) is 17.9. The van der Waals surface area contributed by atoms with Crippen molar-refractivity contribution in [3.63, 3.8) is 0 Å². The van der Waals surface area contributed by atoms with Crippen molar-refractivity contribution in [2.45, 2.75) is 32.4 Å². The highest BCUT2D eigenvalue weighted by Crippen LogP contribution is 2.45. The van der Waals surface area contributed by atoms with Crippen LogP contribution in [-0.2, 0) is 27.3 Å². The summed E-state index contributed by atoms with van der Waals surface area (Å²) >= 11 is 0. The average Bonchev–Trinajstić information content (AvgIpc) is 3.35. The fraction of sp³-hybridized carbons (Fsp3) is 0.385. The van der Waals surface area contributed by atoms with E-state index in [9.17, 15) is 19.2 Å². The first-order valence-electron chi connectivity index (χ1n) is 12.3. The van der Waals surface area contributed by atoms with E-state index in [0.29, 0.717) is 49.8 Å². The second kappa shape index (κ2) is 8.77. The van der Waals surface area contributed by atoms with E-state index in [2.05, 4.69) is 25.8 Å². The number of urea groups is 1. The van der Waals surface area contributed by atoms with Crippen molar-refractivity contribution in [3.8, 4) is 11.5 Å². The van der Waals surface area contributed by atoms with Gasteiger partial charge in [0.25, 0.3) is 0 Å². The number of anilines is 2. The fourth-order valence-corrected chi connectivity index (χ4v) is 5.77. The van der Waals surface area contributed by atoms with Crippen molar-refractivity contribution in [3.05, 3.63) is 47.5 Å². The number of carbonyl (C=O) groups excluding carboxylic acids is 4. The van der Waals surface area contributed by atoms with Crippen LogP contribution in [0.1, 0.15) is 24.5 Å². The van der Waals surface area contributed by atoms with E-state index < -0.39 is 29.3 Å². The zero-order chi connectivity index (χ0) is 25.7. The lowest BCUT2D eigenvalue weighted by Gasteiger charge is -2.54. The van der Waals surface area contributed by atoms with Gasteiger partial charge in [0.15, 0.2) is 16.9 Å². The van der Waals surface area contributed by atoms with Gasteiger partial charge in [-0.25, -0.2) is 4.79 Å². The minimum atomic E-state index is -1.50. The highest BCUT2D eigenvalue weighted by atomic mass is 16.7. The van der Waals surface area contributed by atoms with Gasteiger partial charge in [-0.05, 0) is 47.9 Å². The summed E-state index contributed by atoms with van der Waals surface area (Å²) in [6, 6.07) is 10.1. The van der Waals surface area contributed by atoms with Gasteiger partial charge >= 0.3 is 6.03 Å². The molecule has 2 fully saturated rings. The van der Waals surface area contributed by atoms with Crippen LogP contribution < -0.4 is 30.3 Å². The molecule has 1 atom stereocenters. The molecule has 0 bridgehead atoms. The van der Waals surface area contributed by atoms with Crippen LogP contribution in [0.5, 0.6) is 11.5 Å². The number of rotatable bonds is 4. The van der Waals surface area contributed by atoms with Crippen molar-refractivity contribution in [2.24, 2.45) is 5.41 Å². The monoisotopic (exact) mass is 505 g/mol. The van der Waals surface area contributed by atoms with Crippen LogP contribution in [0, 0.1) is 5.41 Å². The number of hydrogen-bond donors (Lipinski definition) is 3. The summed E-state index contributed by atoms with van der Waals surface area (Å²) in [6.07, 6.45) is 0.448. The van der Waals surface area contributed by atoms with Crippen LogP contribution in [-0.4, -0.2) is 61.1 Å². The summed E-state index contributed by atoms with van der Waals surface area (Å²) in [5.74, 6) is 0.0877. The highest BCUT2D eigenvalue weighted by molar-refractivity contribution is 6.20. The molecule has 0 saturated carbocycles. The molecule has 11 nitrogen and oxygen atoms in total. The van der Waals surface area contributed by atoms with Crippen LogP contribution >= 0.6 is 0 Å². The summed E-state index contributed by atoms with van der Waals surface area (Å²) < 4.78 is 10.9. The molecule has 37 heavy (non-hydrogen) atoms. The van der Waals surface area contributed by atoms with Gasteiger partial charge in [0, 0.05) is 44.0 Å². The number of benzene rings is 2. The quantitative estimate of drug-likeness (QED) is 0.532. The summed E-state index contributed by atoms with van der Waals surface area (Å²) in [5.41, 5.74) is 1.83. The van der Waals surface area contributed by atoms with E-state index in [1.54, 1.807) is 6.92 Å². The van der Waals surface area contributed by atoms with E-state index in [1.165, 1.54) is 0 Å². The van der Waals surface area contributed by atoms with Crippen molar-refractivity contribution in [1.82, 2.24) is 15.5 Å². The van der Waals surface area contributed by atoms with E-state index in [-0.39, 0.29) is 19.1 Å². The second-order valence-corrected chi connectivity index (χ2v) is 9.76. The van der Waals surface area contributed by atoms with Gasteiger partial charge in [0.05, 0.1) is 6.04 Å². The van der Waals surface area contributed by atoms with Crippen LogP contribution in [0.15, 0.2) is 36.4 Å². The van der Waals surface area contributed by atoms with Crippen LogP contribution in [0.25, 0.3) is 0 Å². The molecule has 0 radical (unpaired) electrons. The molecule has 4 heterocycles. The Morgan fingerprint density at radius 1 is 1.05 bits per heavy atom. The summed E-state index contributed by atoms with van der Waals surface area (Å²) in [5, 5.41) is 7.50. The van der Waals surface area contributed by atoms with Gasteiger partial charge in [0.2, 0.25) is 24.5 Å². The molecule has 4 aliphatic rings. The normalized spacial score (nSPS) is 21.7. The first-order valence-corrected chi connectivity index (χ1v) is 12.3. The zero-order valence-electron chi connectivity index (χ0n) is 20.3. The molecule has 6 rings (SSSR count). The molecule has 0 aromatic heterocycles. The molecule has 11 heteroatoms. The lowest BCUT2D eigenvalue weighted by atomic mass is 9.68. The van der Waals surface area contributed by atoms with Crippen LogP contribution in [0.2, 0.25) is 0 Å². The number of carbonyl (C=O) groups is 4. The molecule has 3 N–H and O–H groups in total. The van der Waals surface area contributed by atoms with Crippen molar-refractivity contribution in [2.75, 3.05) is 36.6 Å². The molecule has 192 valence electrons. The smallest absolute Gasteiger partial charge is 0.328 e. The molecular formula is C26H27N5O6. The van der Waals surface area contributed by atoms with E-state index in [4.69, 9.17) is 9.47 Å². The van der Waals surface area contributed by atoms with Crippen molar-refractivity contribution in [1.29, 1.82) is 0 Å². The molecule has 2 aromatic rings. The number of nitrogens with zero attached hydrogens (tertiary/aromatic N) is 2. The fourth-order valence-electron chi connectivity index (χ4n) is 5.77. The SMILES string of the molecule is CCC(=O)Nc1ccc2c(c1)CC1(C(=O)NC(=O)NC1=O)[C@@H]1CN(Cc3ccc4c(c3)OCO4)CCN21. The van der Waals surface area contributed by atoms with Gasteiger partial charge in [0.1, 0.15) is 0 Å². The third-order valence-corrected chi connectivity index (χ3v) is 7.60. The molecule has 4 aliphatic heterocycles. The Morgan fingerprint density at radius 2 is 1.84 bits per heavy atom. The Bertz CT molecular complexity index is 1310. The Labute approximate surface area is 213 Å². The van der Waals surface area contributed by atoms with E-state index in [0.717, 1.165) is 16.8 Å². The number of nitrogens with one attached hydrogen (secondary N) is 3. The number of fused-ring (bicyclic) bond motifs is 5. The maximum Gasteiger partial charge on any atom is 0.328 e. The maximum absolute atomic E-state index is 13.4. The second-order valence-electron chi connectivity index (χ2n) is 9.76. The maximum atomic E-state index is 13.4. The van der Waals surface area contributed by atoms with E-state index in [1.807, 2.05) is 36.4 Å². The number of hydrogen-bond acceptors (Lipinski definition) is 8. The van der Waals surface area contributed by atoms with Crippen LogP contribution in [0.4, 0.5) is 16.2 Å². The third-order valence-electron chi connectivity index (χ3n) is 7.60. The third kappa shape index (κ3) is 3.86. The largest absolute Gasteiger partial charge is 0.454 e. The Balaban J connectivity index is 1.34. The number of piperazine rings is 1. The molecule has 2 saturated heterocycles. The van der Waals surface area contributed by atoms with Gasteiger partial charge < -0.3 is 19.7 Å². The molecule has 2 aromatic carbocycles. The van der Waals surface area contributed by atoms with Gasteiger partial charge in [-0.15, -0.1) is 0 Å². The van der Waals surface area contributed by atoms with Crippen molar-refractivity contribution >= 4 is 35.1 Å². The van der Waals surface area contributed by atoms with Gasteiger partial charge in [-0.2, -0.15) is 0 Å². The Morgan fingerprint density at radius 3 is 2.62 bits per heavy atom. The Kier molecular flexibility index (Phi) is 5.52. The predicted octanol–water partition coefficient (Wildman–Crippen LogP) is 1.36. The topological polar surface area (TPSA) is 129 Å². The highest BCUT2D eigenvalue weighted by Gasteiger charge is 2.60. The van der Waals surface area contributed by atoms with Gasteiger partial charge in [-0.1, -0.05) is 13.0 Å². The van der Waals surface area contributed by atoms with Crippen molar-refractivity contribution < 1.29 is 28.7 Å². The molecule has 0 unspecified atom stereocenters. The minimum absolute atomic E-state index is 0.113. The summed E-state index contributed by atoms with van der Waals surface area (Å²) in [7, 11) is 0. The Hall–Kier alpha value is -4.12. The van der Waals surface area contributed by atoms with E-state index >= 15 is 0 Å². The zero-order valence-corrected chi connectivity index (χ0v) is 20.3. The number of imide groups is 2. The lowest BCUT2D eigenvalue weighted by molar-refractivity contribution is -0.147. The molecule has 1 spiro atoms. The van der Waals surface area contributed by atoms with Gasteiger partial charge in [-0.3, -0.25) is 29.9 Å². The molecule has 5 amide bonds. The number of ether oxygens (including phenoxy) is 2. The first kappa shape index (κ1) is 23.3. The lowest BCUT2D eigenvalue weighted by Crippen LogP contribution is -2.74. The standard InChI is InChI=1S/C26H27N5O6/c1-2-22(32)27-17-4-5-18-16(10-17)11-26(23(33)28-25(35)29-24(26)34)21-13-30(7-8-31(18)21)12-15-3-6-19-20(9-15)37-14-36-19/h3-6,9-10,21H,2,7-8,11-14H2,1H3,(H,27,32)(H2,28,29,33,34,35)/t21-/m0/s1. The average molecular weight is 506 g/mol. The number of amides is 5. The molecular weight excluding hydrogens is 478 g/mol. The molecule has 0 aliphatic carbocycles. The number of barbiturate groups is 1. The minimum Gasteiger partial charge on any atom is -0.454 e. The predicted molar refractivity (Wildman–Crippen MR) is 132 cm³/mol. The summed E-state index contributed by atoms with van der Waals surface area (Å²) in [4.78, 5) is 55.1. The summed E-state index contributed by atoms with van der Waals surface area (Å²) in [6.45, 7) is 4.31.